The number of anilines is 3. The first-order valence-electron chi connectivity index (χ1n) is 24.7. The molecule has 376 valence electrons. The van der Waals surface area contributed by atoms with Crippen LogP contribution in [0, 0.1) is 24.5 Å². The zero-order valence-corrected chi connectivity index (χ0v) is 40.5. The maximum Gasteiger partial charge on any atom is 0.410 e. The van der Waals surface area contributed by atoms with E-state index in [0.717, 1.165) is 49.2 Å². The number of nitrogens with one attached hydrogen (secondary N) is 2. The lowest BCUT2D eigenvalue weighted by Crippen LogP contribution is -2.50. The summed E-state index contributed by atoms with van der Waals surface area (Å²) in [5.74, 6) is -0.342. The molecule has 4 aliphatic heterocycles. The van der Waals surface area contributed by atoms with Gasteiger partial charge in [0.05, 0.1) is 16.5 Å². The molecule has 1 unspecified atom stereocenters. The predicted octanol–water partition coefficient (Wildman–Crippen LogP) is 5.33. The van der Waals surface area contributed by atoms with Crippen molar-refractivity contribution in [1.29, 1.82) is 0 Å². The van der Waals surface area contributed by atoms with Gasteiger partial charge in [0.25, 0.3) is 5.91 Å². The van der Waals surface area contributed by atoms with Crippen LogP contribution in [0.2, 0.25) is 0 Å². The van der Waals surface area contributed by atoms with Gasteiger partial charge in [0.2, 0.25) is 11.8 Å². The number of benzene rings is 1. The number of hydrogen-bond acceptors (Lipinski definition) is 16. The van der Waals surface area contributed by atoms with Gasteiger partial charge in [-0.3, -0.25) is 24.6 Å². The molecule has 0 spiro atoms. The van der Waals surface area contributed by atoms with Gasteiger partial charge in [0.1, 0.15) is 35.3 Å². The first kappa shape index (κ1) is 47.8. The number of carbonyl (C=O) groups is 4. The third-order valence-corrected chi connectivity index (χ3v) is 14.5. The van der Waals surface area contributed by atoms with E-state index in [0.29, 0.717) is 111 Å². The Hall–Kier alpha value is -6.84. The molecule has 0 radical (unpaired) electrons. The number of rotatable bonds is 11. The van der Waals surface area contributed by atoms with Crippen LogP contribution in [0.4, 0.5) is 30.8 Å². The second-order valence-corrected chi connectivity index (χ2v) is 20.5. The molecule has 20 nitrogen and oxygen atoms in total. The number of halogens is 2. The van der Waals surface area contributed by atoms with Crippen molar-refractivity contribution in [3.63, 3.8) is 0 Å². The molecule has 22 heteroatoms. The summed E-state index contributed by atoms with van der Waals surface area (Å²) in [6.45, 7) is 12.8. The number of aryl methyl sites for hydroxylation is 1. The predicted molar refractivity (Wildman–Crippen MR) is 257 cm³/mol. The molecule has 4 N–H and O–H groups in total. The number of likely N-dealkylation sites (tertiary alicyclic amines) is 2. The van der Waals surface area contributed by atoms with Crippen molar-refractivity contribution in [2.75, 3.05) is 81.5 Å². The number of nitrogens with zero attached hydrogens (tertiary/aromatic N) is 11. The van der Waals surface area contributed by atoms with Crippen LogP contribution in [0.1, 0.15) is 101 Å². The standard InChI is InChI=1S/C49H60F2N14O6/c1-27-32(23-53-45(56-27)38-41(60-71-43(38)30-5-6-30)40-39-44(52)54-26-55-46(39)65(59-40)49(2,3)4)29-11-15-64(16-12-29)48(69)70-25-37(67)62-13-9-28(10-14-62)24-61-17-19-63(20-18-61)42-33(50)21-31(22-34(42)51)57-35-7-8-36(66)58-47(35)68/h21-23,26,28-30,35,57H,5-20,24-25H2,1-4H3,(H2,52,54,55)(H,58,66,68). The number of imide groups is 1. The first-order chi connectivity index (χ1) is 34.1. The van der Waals surface area contributed by atoms with E-state index in [1.807, 2.05) is 38.6 Å². The Balaban J connectivity index is 0.676. The van der Waals surface area contributed by atoms with Crippen molar-refractivity contribution in [3.8, 4) is 22.8 Å². The van der Waals surface area contributed by atoms with Crippen LogP contribution in [0.5, 0.6) is 0 Å². The van der Waals surface area contributed by atoms with Crippen molar-refractivity contribution in [2.45, 2.75) is 102 Å². The highest BCUT2D eigenvalue weighted by Crippen LogP contribution is 2.48. The number of carbonyl (C=O) groups excluding carboxylic acids is 4. The topological polar surface area (TPSA) is 236 Å². The molecule has 1 atom stereocenters. The van der Waals surface area contributed by atoms with Crippen LogP contribution in [0.25, 0.3) is 33.8 Å². The van der Waals surface area contributed by atoms with Crippen LogP contribution in [-0.4, -0.2) is 145 Å². The second kappa shape index (κ2) is 19.4. The Morgan fingerprint density at radius 3 is 2.25 bits per heavy atom. The average molecular weight is 979 g/mol. The lowest BCUT2D eigenvalue weighted by Gasteiger charge is -2.39. The normalized spacial score (nSPS) is 19.9. The number of ether oxygens (including phenoxy) is 1. The summed E-state index contributed by atoms with van der Waals surface area (Å²) >= 11 is 0. The number of nitrogens with two attached hydrogens (primary N) is 1. The number of piperidine rings is 3. The van der Waals surface area contributed by atoms with E-state index in [-0.39, 0.29) is 54.5 Å². The average Bonchev–Trinajstić information content (AvgIpc) is 3.96. The molecule has 8 heterocycles. The Morgan fingerprint density at radius 2 is 1.59 bits per heavy atom. The van der Waals surface area contributed by atoms with Gasteiger partial charge >= 0.3 is 6.09 Å². The molecule has 4 aromatic heterocycles. The SMILES string of the molecule is Cc1nc(-c2c(-c3nn(C(C)(C)C)c4ncnc(N)c34)noc2C2CC2)ncc1C1CCN(C(=O)OCC(=O)N2CCC(CN3CCN(c4c(F)cc(NC5CCC(=O)NC5=O)cc4F)CC3)CC2)CC1. The molecule has 5 aromatic rings. The molecule has 4 amide bonds. The summed E-state index contributed by atoms with van der Waals surface area (Å²) < 4.78 is 43.9. The molecular weight excluding hydrogens is 919 g/mol. The van der Waals surface area contributed by atoms with E-state index in [1.54, 1.807) is 14.7 Å². The van der Waals surface area contributed by atoms with Crippen LogP contribution >= 0.6 is 0 Å². The number of aromatic nitrogens is 7. The number of hydrogen-bond donors (Lipinski definition) is 3. The minimum Gasteiger partial charge on any atom is -0.439 e. The molecule has 71 heavy (non-hydrogen) atoms. The summed E-state index contributed by atoms with van der Waals surface area (Å²) in [5.41, 5.74) is 10.2. The Morgan fingerprint density at radius 1 is 0.887 bits per heavy atom. The van der Waals surface area contributed by atoms with Crippen LogP contribution < -0.4 is 21.3 Å². The molecule has 0 bridgehead atoms. The van der Waals surface area contributed by atoms with E-state index < -0.39 is 35.2 Å². The Labute approximate surface area is 409 Å². The van der Waals surface area contributed by atoms with E-state index in [1.165, 1.54) is 18.5 Å². The first-order valence-corrected chi connectivity index (χ1v) is 24.7. The van der Waals surface area contributed by atoms with Crippen LogP contribution in [0.15, 0.2) is 29.2 Å². The van der Waals surface area contributed by atoms with Crippen molar-refractivity contribution in [3.05, 3.63) is 53.3 Å². The number of nitrogen functional groups attached to an aromatic ring is 1. The Bertz CT molecular complexity index is 2830. The smallest absolute Gasteiger partial charge is 0.410 e. The van der Waals surface area contributed by atoms with Gasteiger partial charge in [0.15, 0.2) is 35.5 Å². The lowest BCUT2D eigenvalue weighted by atomic mass is 9.89. The molecule has 4 saturated heterocycles. The van der Waals surface area contributed by atoms with Crippen molar-refractivity contribution >= 4 is 52.0 Å². The molecular formula is C49H60F2N14O6. The number of piperazine rings is 1. The van der Waals surface area contributed by atoms with Crippen LogP contribution in [-0.2, 0) is 24.7 Å². The fourth-order valence-electron chi connectivity index (χ4n) is 10.5. The molecule has 1 saturated carbocycles. The second-order valence-electron chi connectivity index (χ2n) is 20.5. The summed E-state index contributed by atoms with van der Waals surface area (Å²) in [6.07, 6.45) is 8.12. The summed E-state index contributed by atoms with van der Waals surface area (Å²) in [4.78, 5) is 76.1. The van der Waals surface area contributed by atoms with Gasteiger partial charge in [-0.05, 0) is 102 Å². The molecule has 10 rings (SSSR count). The van der Waals surface area contributed by atoms with Gasteiger partial charge in [-0.25, -0.2) is 38.2 Å². The lowest BCUT2D eigenvalue weighted by molar-refractivity contribution is -0.136. The zero-order chi connectivity index (χ0) is 49.7. The van der Waals surface area contributed by atoms with Crippen molar-refractivity contribution in [2.24, 2.45) is 5.92 Å². The Kier molecular flexibility index (Phi) is 13.1. The highest BCUT2D eigenvalue weighted by atomic mass is 19.1. The van der Waals surface area contributed by atoms with Gasteiger partial charge in [-0.2, -0.15) is 5.10 Å². The van der Waals surface area contributed by atoms with Crippen LogP contribution in [0.3, 0.4) is 0 Å². The van der Waals surface area contributed by atoms with Gasteiger partial charge in [-0.15, -0.1) is 0 Å². The van der Waals surface area contributed by atoms with E-state index in [4.69, 9.17) is 30.1 Å². The maximum absolute atomic E-state index is 15.3. The third kappa shape index (κ3) is 9.94. The van der Waals surface area contributed by atoms with E-state index in [9.17, 15) is 19.2 Å². The largest absolute Gasteiger partial charge is 0.439 e. The summed E-state index contributed by atoms with van der Waals surface area (Å²) in [7, 11) is 0. The van der Waals surface area contributed by atoms with Gasteiger partial charge in [0, 0.05) is 88.8 Å². The molecule has 5 fully saturated rings. The fraction of sp³-hybridized carbons (Fsp3) is 0.551. The summed E-state index contributed by atoms with van der Waals surface area (Å²) in [5, 5.41) is 15.2. The summed E-state index contributed by atoms with van der Waals surface area (Å²) in [6, 6.07) is 1.63. The van der Waals surface area contributed by atoms with E-state index >= 15 is 8.78 Å². The third-order valence-electron chi connectivity index (χ3n) is 14.5. The van der Waals surface area contributed by atoms with E-state index in [2.05, 4.69) is 30.7 Å². The van der Waals surface area contributed by atoms with Gasteiger partial charge in [-0.1, -0.05) is 5.16 Å². The highest BCUT2D eigenvalue weighted by molar-refractivity contribution is 6.02. The van der Waals surface area contributed by atoms with Crippen molar-refractivity contribution < 1.29 is 37.2 Å². The fourth-order valence-corrected chi connectivity index (χ4v) is 10.5. The molecule has 1 aliphatic carbocycles. The zero-order valence-electron chi connectivity index (χ0n) is 40.5. The number of fused-ring (bicyclic) bond motifs is 1. The minimum atomic E-state index is -0.745. The molecule has 1 aromatic carbocycles. The van der Waals surface area contributed by atoms with Crippen molar-refractivity contribution in [1.82, 2.24) is 54.9 Å². The monoisotopic (exact) mass is 978 g/mol. The van der Waals surface area contributed by atoms with Gasteiger partial charge < -0.3 is 35.0 Å². The minimum absolute atomic E-state index is 0.0939. The molecule has 5 aliphatic rings. The number of amides is 4. The highest BCUT2D eigenvalue weighted by Gasteiger charge is 2.38. The quantitative estimate of drug-likeness (QED) is 0.142. The maximum atomic E-state index is 15.3.